The van der Waals surface area contributed by atoms with Crippen LogP contribution in [0.5, 0.6) is 0 Å². The molecule has 0 atom stereocenters. The second kappa shape index (κ2) is 3.10. The molecule has 0 fully saturated rings. The molecule has 2 rings (SSSR count). The Morgan fingerprint density at radius 2 is 2.31 bits per heavy atom. The molecule has 0 spiro atoms. The Labute approximate surface area is 84.9 Å². The van der Waals surface area contributed by atoms with Gasteiger partial charge in [0.2, 0.25) is 5.91 Å². The van der Waals surface area contributed by atoms with Gasteiger partial charge in [-0.05, 0) is 12.5 Å². The molecular weight excluding hydrogens is 232 g/mol. The van der Waals surface area contributed by atoms with Crippen molar-refractivity contribution in [3.05, 3.63) is 22.3 Å². The topological polar surface area (TPSA) is 33.2 Å². The van der Waals surface area contributed by atoms with E-state index in [0.717, 1.165) is 22.3 Å². The third kappa shape index (κ3) is 1.35. The van der Waals surface area contributed by atoms with E-state index in [0.29, 0.717) is 6.42 Å². The molecule has 68 valence electrons. The number of nitrogens with zero attached hydrogens (tertiary/aromatic N) is 2. The van der Waals surface area contributed by atoms with E-state index >= 15 is 0 Å². The summed E-state index contributed by atoms with van der Waals surface area (Å²) in [5.41, 5.74) is 1.13. The molecule has 1 amide bonds. The number of rotatable bonds is 0. The number of aromatic nitrogens is 1. The van der Waals surface area contributed by atoms with Gasteiger partial charge in [0.25, 0.3) is 0 Å². The van der Waals surface area contributed by atoms with E-state index in [1.165, 1.54) is 0 Å². The minimum atomic E-state index is 0.137. The van der Waals surface area contributed by atoms with Crippen molar-refractivity contribution >= 4 is 27.7 Å². The number of anilines is 1. The molecule has 0 aromatic carbocycles. The molecule has 0 saturated carbocycles. The normalized spacial score (nSPS) is 15.8. The third-order valence-corrected chi connectivity index (χ3v) is 3.00. The summed E-state index contributed by atoms with van der Waals surface area (Å²) < 4.78 is 1.04. The van der Waals surface area contributed by atoms with Crippen LogP contribution in [0, 0.1) is 0 Å². The molecule has 3 nitrogen and oxygen atoms in total. The van der Waals surface area contributed by atoms with Gasteiger partial charge in [0, 0.05) is 29.7 Å². The van der Waals surface area contributed by atoms with E-state index in [4.69, 9.17) is 0 Å². The zero-order valence-electron chi connectivity index (χ0n) is 7.25. The summed E-state index contributed by atoms with van der Waals surface area (Å²) in [7, 11) is 1.76. The largest absolute Gasteiger partial charge is 0.300 e. The smallest absolute Gasteiger partial charge is 0.228 e. The molecule has 0 bridgehead atoms. The quantitative estimate of drug-likeness (QED) is 0.693. The van der Waals surface area contributed by atoms with Crippen LogP contribution in [-0.2, 0) is 11.2 Å². The molecule has 1 aromatic heterocycles. The highest BCUT2D eigenvalue weighted by Crippen LogP contribution is 2.29. The Morgan fingerprint density at radius 3 is 3.08 bits per heavy atom. The third-order valence-electron chi connectivity index (χ3n) is 2.26. The highest BCUT2D eigenvalue weighted by molar-refractivity contribution is 9.10. The summed E-state index contributed by atoms with van der Waals surface area (Å²) in [6.45, 7) is 0. The predicted octanol–water partition coefficient (Wildman–Crippen LogP) is 1.75. The summed E-state index contributed by atoms with van der Waals surface area (Å²) in [6, 6.07) is 1.91. The molecule has 2 heterocycles. The summed E-state index contributed by atoms with van der Waals surface area (Å²) in [4.78, 5) is 17.1. The molecule has 1 aliphatic heterocycles. The van der Waals surface area contributed by atoms with Crippen LogP contribution in [0.15, 0.2) is 16.7 Å². The fraction of sp³-hybridized carbons (Fsp3) is 0.333. The van der Waals surface area contributed by atoms with Gasteiger partial charge < -0.3 is 0 Å². The van der Waals surface area contributed by atoms with E-state index in [9.17, 15) is 4.79 Å². The van der Waals surface area contributed by atoms with Crippen molar-refractivity contribution in [1.82, 2.24) is 4.98 Å². The maximum Gasteiger partial charge on any atom is 0.228 e. The highest BCUT2D eigenvalue weighted by atomic mass is 79.9. The number of hydrogen-bond acceptors (Lipinski definition) is 2. The maximum absolute atomic E-state index is 11.3. The Hall–Kier alpha value is -0.900. The Morgan fingerprint density at radius 1 is 1.54 bits per heavy atom. The lowest BCUT2D eigenvalue weighted by Crippen LogP contribution is -2.32. The van der Waals surface area contributed by atoms with Gasteiger partial charge in [-0.15, -0.1) is 0 Å². The molecule has 0 radical (unpaired) electrons. The van der Waals surface area contributed by atoms with Gasteiger partial charge in [-0.1, -0.05) is 15.9 Å². The van der Waals surface area contributed by atoms with Crippen molar-refractivity contribution in [1.29, 1.82) is 0 Å². The average molecular weight is 241 g/mol. The molecule has 4 heteroatoms. The van der Waals surface area contributed by atoms with E-state index in [1.54, 1.807) is 18.1 Å². The van der Waals surface area contributed by atoms with Crippen LogP contribution in [0.4, 0.5) is 5.82 Å². The van der Waals surface area contributed by atoms with Gasteiger partial charge in [0.1, 0.15) is 5.82 Å². The average Bonchev–Trinajstić information content (AvgIpc) is 2.12. The number of halogens is 1. The van der Waals surface area contributed by atoms with Gasteiger partial charge in [-0.25, -0.2) is 4.98 Å². The fourth-order valence-electron chi connectivity index (χ4n) is 1.50. The van der Waals surface area contributed by atoms with Crippen molar-refractivity contribution in [2.24, 2.45) is 0 Å². The zero-order chi connectivity index (χ0) is 9.42. The fourth-order valence-corrected chi connectivity index (χ4v) is 1.99. The monoisotopic (exact) mass is 240 g/mol. The molecule has 1 aromatic rings. The van der Waals surface area contributed by atoms with Crippen molar-refractivity contribution in [2.45, 2.75) is 12.8 Å². The van der Waals surface area contributed by atoms with Crippen LogP contribution in [0.25, 0.3) is 0 Å². The Balaban J connectivity index is 2.55. The lowest BCUT2D eigenvalue weighted by molar-refractivity contribution is -0.118. The first-order valence-corrected chi connectivity index (χ1v) is 4.89. The second-order valence-corrected chi connectivity index (χ2v) is 3.90. The van der Waals surface area contributed by atoms with Crippen molar-refractivity contribution in [2.75, 3.05) is 11.9 Å². The van der Waals surface area contributed by atoms with Gasteiger partial charge >= 0.3 is 0 Å². The molecule has 0 unspecified atom stereocenters. The van der Waals surface area contributed by atoms with Crippen LogP contribution >= 0.6 is 15.9 Å². The van der Waals surface area contributed by atoms with Crippen LogP contribution in [-0.4, -0.2) is 17.9 Å². The molecule has 0 N–H and O–H groups in total. The van der Waals surface area contributed by atoms with Gasteiger partial charge in [0.05, 0.1) is 0 Å². The Bertz CT molecular complexity index is 365. The van der Waals surface area contributed by atoms with Crippen LogP contribution in [0.3, 0.4) is 0 Å². The van der Waals surface area contributed by atoms with E-state index in [2.05, 4.69) is 20.9 Å². The molecule has 13 heavy (non-hydrogen) atoms. The first-order valence-electron chi connectivity index (χ1n) is 4.10. The summed E-state index contributed by atoms with van der Waals surface area (Å²) >= 11 is 3.45. The molecule has 1 aliphatic rings. The van der Waals surface area contributed by atoms with Crippen molar-refractivity contribution in [3.63, 3.8) is 0 Å². The Kier molecular flexibility index (Phi) is 2.07. The summed E-state index contributed by atoms with van der Waals surface area (Å²) in [6.07, 6.45) is 3.07. The maximum atomic E-state index is 11.3. The van der Waals surface area contributed by atoms with E-state index in [-0.39, 0.29) is 5.91 Å². The molecule has 0 aliphatic carbocycles. The number of pyridine rings is 1. The SMILES string of the molecule is CN1C(=O)CCc2c(Br)ccnc21. The number of hydrogen-bond donors (Lipinski definition) is 0. The number of amides is 1. The standard InChI is InChI=1S/C9H9BrN2O/c1-12-8(13)3-2-6-7(10)4-5-11-9(6)12/h4-5H,2-3H2,1H3. The first kappa shape index (κ1) is 8.69. The van der Waals surface area contributed by atoms with Crippen LogP contribution < -0.4 is 4.90 Å². The van der Waals surface area contributed by atoms with Crippen LogP contribution in [0.1, 0.15) is 12.0 Å². The number of fused-ring (bicyclic) bond motifs is 1. The van der Waals surface area contributed by atoms with Crippen molar-refractivity contribution in [3.8, 4) is 0 Å². The minimum Gasteiger partial charge on any atom is -0.300 e. The summed E-state index contributed by atoms with van der Waals surface area (Å²) in [5.74, 6) is 0.920. The van der Waals surface area contributed by atoms with Gasteiger partial charge in [0.15, 0.2) is 0 Å². The molecule has 0 saturated heterocycles. The van der Waals surface area contributed by atoms with Gasteiger partial charge in [-0.2, -0.15) is 0 Å². The number of carbonyl (C=O) groups excluding carboxylic acids is 1. The van der Waals surface area contributed by atoms with E-state index < -0.39 is 0 Å². The van der Waals surface area contributed by atoms with Gasteiger partial charge in [-0.3, -0.25) is 9.69 Å². The highest BCUT2D eigenvalue weighted by Gasteiger charge is 2.23. The van der Waals surface area contributed by atoms with Crippen LogP contribution in [0.2, 0.25) is 0 Å². The minimum absolute atomic E-state index is 0.137. The van der Waals surface area contributed by atoms with Crippen molar-refractivity contribution < 1.29 is 4.79 Å². The molecular formula is C9H9BrN2O. The zero-order valence-corrected chi connectivity index (χ0v) is 8.84. The predicted molar refractivity (Wildman–Crippen MR) is 53.7 cm³/mol. The first-order chi connectivity index (χ1) is 6.20. The second-order valence-electron chi connectivity index (χ2n) is 3.05. The van der Waals surface area contributed by atoms with E-state index in [1.807, 2.05) is 6.07 Å². The summed E-state index contributed by atoms with van der Waals surface area (Å²) in [5, 5.41) is 0. The lowest BCUT2D eigenvalue weighted by Gasteiger charge is -2.24. The number of carbonyl (C=O) groups is 1. The lowest BCUT2D eigenvalue weighted by atomic mass is 10.1.